The smallest absolute Gasteiger partial charge is 0.287 e. The van der Waals surface area contributed by atoms with Gasteiger partial charge in [0.05, 0.1) is 6.54 Å². The van der Waals surface area contributed by atoms with Crippen molar-refractivity contribution in [1.82, 2.24) is 15.3 Å². The molecule has 0 saturated carbocycles. The van der Waals surface area contributed by atoms with Crippen LogP contribution in [0.5, 0.6) is 0 Å². The molecule has 0 radical (unpaired) electrons. The molecule has 0 bridgehead atoms. The first kappa shape index (κ1) is 10.6. The summed E-state index contributed by atoms with van der Waals surface area (Å²) in [6, 6.07) is 9.24. The SMILES string of the molecule is O=C(NCc1ncc[nH]1)c1cc2ccccc2o1. The second kappa shape index (κ2) is 4.37. The van der Waals surface area contributed by atoms with Crippen molar-refractivity contribution in [2.75, 3.05) is 0 Å². The summed E-state index contributed by atoms with van der Waals surface area (Å²) in [5, 5.41) is 3.65. The van der Waals surface area contributed by atoms with E-state index in [2.05, 4.69) is 15.3 Å². The van der Waals surface area contributed by atoms with E-state index < -0.39 is 0 Å². The third-order valence-electron chi connectivity index (χ3n) is 2.62. The molecule has 2 heterocycles. The van der Waals surface area contributed by atoms with Crippen LogP contribution in [0.15, 0.2) is 47.1 Å². The molecule has 0 fully saturated rings. The van der Waals surface area contributed by atoms with Crippen LogP contribution in [0.25, 0.3) is 11.0 Å². The Bertz CT molecular complexity index is 637. The van der Waals surface area contributed by atoms with Gasteiger partial charge in [0.15, 0.2) is 5.76 Å². The van der Waals surface area contributed by atoms with E-state index in [1.807, 2.05) is 24.3 Å². The number of hydrogen-bond donors (Lipinski definition) is 2. The van der Waals surface area contributed by atoms with E-state index in [1.165, 1.54) is 0 Å². The monoisotopic (exact) mass is 241 g/mol. The van der Waals surface area contributed by atoms with Gasteiger partial charge in [-0.2, -0.15) is 0 Å². The molecule has 0 aliphatic carbocycles. The van der Waals surface area contributed by atoms with E-state index in [0.717, 1.165) is 5.39 Å². The molecule has 5 heteroatoms. The zero-order valence-corrected chi connectivity index (χ0v) is 9.51. The Morgan fingerprint density at radius 3 is 3.06 bits per heavy atom. The molecule has 0 aliphatic rings. The number of aromatic amines is 1. The van der Waals surface area contributed by atoms with Crippen molar-refractivity contribution in [3.63, 3.8) is 0 Å². The number of amides is 1. The van der Waals surface area contributed by atoms with Gasteiger partial charge in [0.1, 0.15) is 11.4 Å². The summed E-state index contributed by atoms with van der Waals surface area (Å²) in [4.78, 5) is 18.8. The third kappa shape index (κ3) is 1.98. The van der Waals surface area contributed by atoms with Crippen molar-refractivity contribution < 1.29 is 9.21 Å². The maximum atomic E-state index is 11.9. The number of hydrogen-bond acceptors (Lipinski definition) is 3. The minimum atomic E-state index is -0.248. The zero-order chi connectivity index (χ0) is 12.4. The van der Waals surface area contributed by atoms with Crippen LogP contribution in [0, 0.1) is 0 Å². The van der Waals surface area contributed by atoms with E-state index in [4.69, 9.17) is 4.42 Å². The second-order valence-corrected chi connectivity index (χ2v) is 3.87. The van der Waals surface area contributed by atoms with Crippen LogP contribution in [-0.2, 0) is 6.54 Å². The quantitative estimate of drug-likeness (QED) is 0.737. The van der Waals surface area contributed by atoms with Crippen LogP contribution in [0.2, 0.25) is 0 Å². The number of aromatic nitrogens is 2. The summed E-state index contributed by atoms with van der Waals surface area (Å²) in [5.74, 6) is 0.768. The molecule has 1 amide bonds. The minimum Gasteiger partial charge on any atom is -0.451 e. The van der Waals surface area contributed by atoms with Crippen molar-refractivity contribution in [2.24, 2.45) is 0 Å². The van der Waals surface area contributed by atoms with Gasteiger partial charge in [0, 0.05) is 17.8 Å². The van der Waals surface area contributed by atoms with Crippen molar-refractivity contribution in [1.29, 1.82) is 0 Å². The molecule has 2 N–H and O–H groups in total. The lowest BCUT2D eigenvalue weighted by molar-refractivity contribution is 0.0924. The number of rotatable bonds is 3. The molecule has 5 nitrogen and oxygen atoms in total. The molecular formula is C13H11N3O2. The summed E-state index contributed by atoms with van der Waals surface area (Å²) < 4.78 is 5.46. The van der Waals surface area contributed by atoms with Gasteiger partial charge in [-0.15, -0.1) is 0 Å². The van der Waals surface area contributed by atoms with Crippen LogP contribution < -0.4 is 5.32 Å². The number of nitrogens with one attached hydrogen (secondary N) is 2. The molecule has 0 spiro atoms. The van der Waals surface area contributed by atoms with E-state index in [9.17, 15) is 4.79 Å². The van der Waals surface area contributed by atoms with Gasteiger partial charge in [0.2, 0.25) is 0 Å². The van der Waals surface area contributed by atoms with Crippen molar-refractivity contribution in [3.8, 4) is 0 Å². The molecule has 2 aromatic heterocycles. The highest BCUT2D eigenvalue weighted by atomic mass is 16.3. The normalized spacial score (nSPS) is 10.7. The van der Waals surface area contributed by atoms with Gasteiger partial charge in [-0.1, -0.05) is 18.2 Å². The van der Waals surface area contributed by atoms with Crippen molar-refractivity contribution in [3.05, 3.63) is 54.3 Å². The number of carbonyl (C=O) groups is 1. The highest BCUT2D eigenvalue weighted by Crippen LogP contribution is 2.18. The molecule has 1 aromatic carbocycles. The molecule has 0 unspecified atom stereocenters. The fraction of sp³-hybridized carbons (Fsp3) is 0.0769. The molecule has 18 heavy (non-hydrogen) atoms. The first-order valence-corrected chi connectivity index (χ1v) is 5.58. The van der Waals surface area contributed by atoms with Crippen LogP contribution >= 0.6 is 0 Å². The van der Waals surface area contributed by atoms with E-state index >= 15 is 0 Å². The maximum Gasteiger partial charge on any atom is 0.287 e. The van der Waals surface area contributed by atoms with Crippen LogP contribution in [-0.4, -0.2) is 15.9 Å². The number of para-hydroxylation sites is 1. The van der Waals surface area contributed by atoms with Gasteiger partial charge in [-0.3, -0.25) is 4.79 Å². The average Bonchev–Trinajstić information content (AvgIpc) is 3.04. The molecule has 3 rings (SSSR count). The van der Waals surface area contributed by atoms with Crippen molar-refractivity contribution in [2.45, 2.75) is 6.54 Å². The number of benzene rings is 1. The number of fused-ring (bicyclic) bond motifs is 1. The first-order valence-electron chi connectivity index (χ1n) is 5.58. The summed E-state index contributed by atoms with van der Waals surface area (Å²) >= 11 is 0. The van der Waals surface area contributed by atoms with Gasteiger partial charge < -0.3 is 14.7 Å². The lowest BCUT2D eigenvalue weighted by Gasteiger charge is -1.99. The Kier molecular flexibility index (Phi) is 2.57. The van der Waals surface area contributed by atoms with Gasteiger partial charge in [-0.25, -0.2) is 4.98 Å². The van der Waals surface area contributed by atoms with E-state index in [1.54, 1.807) is 18.5 Å². The van der Waals surface area contributed by atoms with Gasteiger partial charge in [0.25, 0.3) is 5.91 Å². The van der Waals surface area contributed by atoms with Gasteiger partial charge in [-0.05, 0) is 12.1 Å². The molecule has 0 aliphatic heterocycles. The summed E-state index contributed by atoms with van der Waals surface area (Å²) in [5.41, 5.74) is 0.709. The van der Waals surface area contributed by atoms with Crippen molar-refractivity contribution >= 4 is 16.9 Å². The molecule has 0 atom stereocenters. The zero-order valence-electron chi connectivity index (χ0n) is 9.51. The predicted octanol–water partition coefficient (Wildman–Crippen LogP) is 2.09. The highest BCUT2D eigenvalue weighted by molar-refractivity contribution is 5.95. The minimum absolute atomic E-state index is 0.248. The maximum absolute atomic E-state index is 11.9. The lowest BCUT2D eigenvalue weighted by atomic mass is 10.2. The average molecular weight is 241 g/mol. The molecule has 90 valence electrons. The highest BCUT2D eigenvalue weighted by Gasteiger charge is 2.11. The van der Waals surface area contributed by atoms with Gasteiger partial charge >= 0.3 is 0 Å². The predicted molar refractivity (Wildman–Crippen MR) is 66.0 cm³/mol. The Morgan fingerprint density at radius 1 is 1.39 bits per heavy atom. The Balaban J connectivity index is 1.75. The van der Waals surface area contributed by atoms with Crippen LogP contribution in [0.1, 0.15) is 16.4 Å². The fourth-order valence-electron chi connectivity index (χ4n) is 1.74. The topological polar surface area (TPSA) is 70.9 Å². The standard InChI is InChI=1S/C13H11N3O2/c17-13(16-8-12-14-5-6-15-12)11-7-9-3-1-2-4-10(9)18-11/h1-7H,8H2,(H,14,15)(H,16,17). The van der Waals surface area contributed by atoms with Crippen LogP contribution in [0.4, 0.5) is 0 Å². The Hall–Kier alpha value is -2.56. The van der Waals surface area contributed by atoms with Crippen LogP contribution in [0.3, 0.4) is 0 Å². The summed E-state index contributed by atoms with van der Waals surface area (Å²) in [7, 11) is 0. The first-order chi connectivity index (χ1) is 8.83. The number of carbonyl (C=O) groups excluding carboxylic acids is 1. The third-order valence-corrected chi connectivity index (χ3v) is 2.62. The summed E-state index contributed by atoms with van der Waals surface area (Å²) in [6.45, 7) is 0.350. The number of nitrogens with zero attached hydrogens (tertiary/aromatic N) is 1. The molecule has 3 aromatic rings. The molecule has 0 saturated heterocycles. The second-order valence-electron chi connectivity index (χ2n) is 3.87. The van der Waals surface area contributed by atoms with E-state index in [-0.39, 0.29) is 5.91 Å². The lowest BCUT2D eigenvalue weighted by Crippen LogP contribution is -2.22. The Morgan fingerprint density at radius 2 is 2.28 bits per heavy atom. The Labute approximate surface area is 103 Å². The summed E-state index contributed by atoms with van der Waals surface area (Å²) in [6.07, 6.45) is 3.35. The number of H-pyrrole nitrogens is 1. The number of furan rings is 1. The van der Waals surface area contributed by atoms with E-state index in [0.29, 0.717) is 23.7 Å². The molecular weight excluding hydrogens is 230 g/mol. The fourth-order valence-corrected chi connectivity index (χ4v) is 1.74. The number of imidazole rings is 1. The largest absolute Gasteiger partial charge is 0.451 e.